The fraction of sp³-hybridized carbons (Fsp3) is 0.538. The number of nitrogens with zero attached hydrogens (tertiary/aromatic N) is 4. The molecule has 6 heteroatoms. The third kappa shape index (κ3) is 2.63. The van der Waals surface area contributed by atoms with Crippen LogP contribution in [0.3, 0.4) is 0 Å². The molecule has 2 aromatic heterocycles. The second kappa shape index (κ2) is 5.44. The molecule has 0 saturated heterocycles. The lowest BCUT2D eigenvalue weighted by Crippen LogP contribution is -2.10. The number of rotatable bonds is 5. The van der Waals surface area contributed by atoms with Crippen molar-refractivity contribution < 1.29 is 5.11 Å². The van der Waals surface area contributed by atoms with Gasteiger partial charge >= 0.3 is 0 Å². The first-order valence-electron chi connectivity index (χ1n) is 6.57. The van der Waals surface area contributed by atoms with Gasteiger partial charge in [0, 0.05) is 31.3 Å². The van der Waals surface area contributed by atoms with Crippen LogP contribution in [-0.4, -0.2) is 24.7 Å². The van der Waals surface area contributed by atoms with Crippen LogP contribution in [0.2, 0.25) is 0 Å². The Bertz CT molecular complexity index is 557. The van der Waals surface area contributed by atoms with Crippen LogP contribution in [0, 0.1) is 0 Å². The lowest BCUT2D eigenvalue weighted by Gasteiger charge is -2.11. The molecular formula is C13H21N5O. The molecule has 0 aromatic carbocycles. The zero-order valence-corrected chi connectivity index (χ0v) is 11.7. The predicted octanol–water partition coefficient (Wildman–Crippen LogP) is 1.06. The average molecular weight is 263 g/mol. The molecule has 2 rings (SSSR count). The summed E-state index contributed by atoms with van der Waals surface area (Å²) in [5, 5.41) is 18.8. The monoisotopic (exact) mass is 263 g/mol. The minimum atomic E-state index is -0.652. The molecule has 0 bridgehead atoms. The second-order valence-electron chi connectivity index (χ2n) is 4.63. The summed E-state index contributed by atoms with van der Waals surface area (Å²) >= 11 is 0. The molecule has 2 aromatic rings. The molecule has 0 aliphatic carbocycles. The Hall–Kier alpha value is -1.82. The Labute approximate surface area is 112 Å². The van der Waals surface area contributed by atoms with E-state index in [9.17, 15) is 5.11 Å². The SMILES string of the molecule is CCc1cc(CC(O)c2cnn(C)c2N)n(CC)n1. The van der Waals surface area contributed by atoms with Crippen LogP contribution in [-0.2, 0) is 26.4 Å². The zero-order chi connectivity index (χ0) is 14.0. The van der Waals surface area contributed by atoms with Crippen molar-refractivity contribution in [1.82, 2.24) is 19.6 Å². The van der Waals surface area contributed by atoms with Crippen molar-refractivity contribution >= 4 is 5.82 Å². The quantitative estimate of drug-likeness (QED) is 0.845. The number of aliphatic hydroxyl groups excluding tert-OH is 1. The summed E-state index contributed by atoms with van der Waals surface area (Å²) in [4.78, 5) is 0. The van der Waals surface area contributed by atoms with E-state index >= 15 is 0 Å². The lowest BCUT2D eigenvalue weighted by atomic mass is 10.1. The highest BCUT2D eigenvalue weighted by atomic mass is 16.3. The van der Waals surface area contributed by atoms with Crippen molar-refractivity contribution in [3.63, 3.8) is 0 Å². The molecule has 1 unspecified atom stereocenters. The van der Waals surface area contributed by atoms with Gasteiger partial charge in [0.1, 0.15) is 5.82 Å². The van der Waals surface area contributed by atoms with Crippen molar-refractivity contribution in [2.24, 2.45) is 7.05 Å². The first-order valence-corrected chi connectivity index (χ1v) is 6.57. The first kappa shape index (κ1) is 13.6. The van der Waals surface area contributed by atoms with Gasteiger partial charge in [-0.3, -0.25) is 9.36 Å². The molecule has 0 fully saturated rings. The van der Waals surface area contributed by atoms with Crippen molar-refractivity contribution in [3.8, 4) is 0 Å². The molecule has 0 radical (unpaired) electrons. The van der Waals surface area contributed by atoms with Crippen LogP contribution in [0.25, 0.3) is 0 Å². The van der Waals surface area contributed by atoms with Crippen molar-refractivity contribution in [3.05, 3.63) is 29.2 Å². The van der Waals surface area contributed by atoms with Gasteiger partial charge in [-0.2, -0.15) is 10.2 Å². The molecule has 0 aliphatic heterocycles. The summed E-state index contributed by atoms with van der Waals surface area (Å²) in [6.07, 6.45) is 2.36. The lowest BCUT2D eigenvalue weighted by molar-refractivity contribution is 0.176. The Morgan fingerprint density at radius 3 is 2.68 bits per heavy atom. The molecular weight excluding hydrogens is 242 g/mol. The zero-order valence-electron chi connectivity index (χ0n) is 11.7. The van der Waals surface area contributed by atoms with E-state index in [1.807, 2.05) is 17.7 Å². The first-order chi connectivity index (χ1) is 9.06. The second-order valence-corrected chi connectivity index (χ2v) is 4.63. The number of aliphatic hydroxyl groups is 1. The van der Waals surface area contributed by atoms with E-state index in [1.165, 1.54) is 0 Å². The topological polar surface area (TPSA) is 81.9 Å². The van der Waals surface area contributed by atoms with Crippen LogP contribution < -0.4 is 5.73 Å². The van der Waals surface area contributed by atoms with E-state index in [-0.39, 0.29) is 0 Å². The number of aromatic nitrogens is 4. The van der Waals surface area contributed by atoms with Gasteiger partial charge < -0.3 is 10.8 Å². The summed E-state index contributed by atoms with van der Waals surface area (Å²) < 4.78 is 3.49. The summed E-state index contributed by atoms with van der Waals surface area (Å²) in [5.74, 6) is 0.505. The maximum atomic E-state index is 10.3. The molecule has 1 atom stereocenters. The van der Waals surface area contributed by atoms with Gasteiger partial charge in [-0.05, 0) is 19.4 Å². The summed E-state index contributed by atoms with van der Waals surface area (Å²) in [5.41, 5.74) is 8.62. The van der Waals surface area contributed by atoms with E-state index < -0.39 is 6.10 Å². The van der Waals surface area contributed by atoms with Crippen LogP contribution in [0.4, 0.5) is 5.82 Å². The maximum Gasteiger partial charge on any atom is 0.127 e. The number of hydrogen-bond acceptors (Lipinski definition) is 4. The Balaban J connectivity index is 2.21. The van der Waals surface area contributed by atoms with Crippen LogP contribution in [0.5, 0.6) is 0 Å². The number of hydrogen-bond donors (Lipinski definition) is 2. The smallest absolute Gasteiger partial charge is 0.127 e. The van der Waals surface area contributed by atoms with E-state index in [2.05, 4.69) is 17.1 Å². The highest BCUT2D eigenvalue weighted by Gasteiger charge is 2.17. The molecule has 6 nitrogen and oxygen atoms in total. The Morgan fingerprint density at radius 1 is 1.42 bits per heavy atom. The predicted molar refractivity (Wildman–Crippen MR) is 73.6 cm³/mol. The Morgan fingerprint density at radius 2 is 2.16 bits per heavy atom. The van der Waals surface area contributed by atoms with Crippen LogP contribution in [0.15, 0.2) is 12.3 Å². The molecule has 3 N–H and O–H groups in total. The van der Waals surface area contributed by atoms with E-state index in [1.54, 1.807) is 17.9 Å². The van der Waals surface area contributed by atoms with Gasteiger partial charge in [-0.15, -0.1) is 0 Å². The third-order valence-electron chi connectivity index (χ3n) is 3.35. The normalized spacial score (nSPS) is 12.8. The fourth-order valence-corrected chi connectivity index (χ4v) is 2.15. The molecule has 0 spiro atoms. The minimum absolute atomic E-state index is 0.497. The van der Waals surface area contributed by atoms with Gasteiger partial charge in [0.2, 0.25) is 0 Å². The average Bonchev–Trinajstić information content (AvgIpc) is 2.94. The molecule has 104 valence electrons. The van der Waals surface area contributed by atoms with E-state index in [0.29, 0.717) is 17.8 Å². The summed E-state index contributed by atoms with van der Waals surface area (Å²) in [6.45, 7) is 4.91. The summed E-state index contributed by atoms with van der Waals surface area (Å²) in [6, 6.07) is 2.04. The number of anilines is 1. The highest BCUT2D eigenvalue weighted by Crippen LogP contribution is 2.23. The number of nitrogens with two attached hydrogens (primary N) is 1. The van der Waals surface area contributed by atoms with Crippen molar-refractivity contribution in [1.29, 1.82) is 0 Å². The van der Waals surface area contributed by atoms with E-state index in [4.69, 9.17) is 5.73 Å². The minimum Gasteiger partial charge on any atom is -0.388 e. The molecule has 0 saturated carbocycles. The maximum absolute atomic E-state index is 10.3. The standard InChI is InChI=1S/C13H21N5O/c1-4-9-6-10(18(5-2)16-9)7-12(19)11-8-15-17(3)13(11)14/h6,8,12,19H,4-5,7,14H2,1-3H3. The van der Waals surface area contributed by atoms with Gasteiger partial charge in [0.15, 0.2) is 0 Å². The molecule has 0 amide bonds. The van der Waals surface area contributed by atoms with Crippen molar-refractivity contribution in [2.75, 3.05) is 5.73 Å². The summed E-state index contributed by atoms with van der Waals surface area (Å²) in [7, 11) is 1.76. The highest BCUT2D eigenvalue weighted by molar-refractivity contribution is 5.40. The number of nitrogen functional groups attached to an aromatic ring is 1. The third-order valence-corrected chi connectivity index (χ3v) is 3.35. The van der Waals surface area contributed by atoms with E-state index in [0.717, 1.165) is 24.4 Å². The van der Waals surface area contributed by atoms with Gasteiger partial charge in [-0.25, -0.2) is 0 Å². The molecule has 2 heterocycles. The van der Waals surface area contributed by atoms with Crippen LogP contribution >= 0.6 is 0 Å². The van der Waals surface area contributed by atoms with Gasteiger partial charge in [0.05, 0.1) is 18.0 Å². The van der Waals surface area contributed by atoms with Gasteiger partial charge in [0.25, 0.3) is 0 Å². The van der Waals surface area contributed by atoms with Crippen molar-refractivity contribution in [2.45, 2.75) is 39.3 Å². The Kier molecular flexibility index (Phi) is 3.90. The molecule has 19 heavy (non-hydrogen) atoms. The largest absolute Gasteiger partial charge is 0.388 e. The molecule has 0 aliphatic rings. The fourth-order valence-electron chi connectivity index (χ4n) is 2.15. The number of aryl methyl sites for hydroxylation is 3. The van der Waals surface area contributed by atoms with Crippen LogP contribution in [0.1, 0.15) is 36.9 Å². The van der Waals surface area contributed by atoms with Gasteiger partial charge in [-0.1, -0.05) is 6.92 Å².